The Morgan fingerprint density at radius 1 is 1.10 bits per heavy atom. The number of hydrogen-bond donors (Lipinski definition) is 1. The van der Waals surface area contributed by atoms with Gasteiger partial charge >= 0.3 is 7.12 Å². The average Bonchev–Trinajstić information content (AvgIpc) is 2.46. The molecule has 1 saturated heterocycles. The molecule has 0 saturated carbocycles. The van der Waals surface area contributed by atoms with E-state index in [1.54, 1.807) is 6.07 Å². The van der Waals surface area contributed by atoms with Crippen LogP contribution in [0, 0.1) is 6.92 Å². The molecule has 20 heavy (non-hydrogen) atoms. The van der Waals surface area contributed by atoms with Crippen LogP contribution in [0.1, 0.15) is 33.3 Å². The van der Waals surface area contributed by atoms with Crippen LogP contribution in [-0.2, 0) is 19.3 Å². The molecule has 0 radical (unpaired) electrons. The molecule has 0 aliphatic carbocycles. The number of benzene rings is 1. The van der Waals surface area contributed by atoms with Crippen molar-refractivity contribution in [3.05, 3.63) is 23.8 Å². The van der Waals surface area contributed by atoms with Gasteiger partial charge in [0.25, 0.3) is 0 Å². The van der Waals surface area contributed by atoms with Crippen molar-refractivity contribution in [1.29, 1.82) is 0 Å². The highest BCUT2D eigenvalue weighted by molar-refractivity contribution is 7.89. The molecule has 0 atom stereocenters. The summed E-state index contributed by atoms with van der Waals surface area (Å²) in [7, 11) is -4.34. The number of nitrogens with two attached hydrogens (primary N) is 1. The van der Waals surface area contributed by atoms with Crippen molar-refractivity contribution in [3.8, 4) is 0 Å². The molecule has 0 bridgehead atoms. The Bertz CT molecular complexity index is 624. The first-order chi connectivity index (χ1) is 8.94. The van der Waals surface area contributed by atoms with Crippen LogP contribution in [0.4, 0.5) is 0 Å². The van der Waals surface area contributed by atoms with Gasteiger partial charge in [-0.15, -0.1) is 0 Å². The molecule has 0 spiro atoms. The highest BCUT2D eigenvalue weighted by Crippen LogP contribution is 2.36. The van der Waals surface area contributed by atoms with Crippen molar-refractivity contribution in [2.75, 3.05) is 0 Å². The third-order valence-electron chi connectivity index (χ3n) is 4.09. The summed E-state index contributed by atoms with van der Waals surface area (Å²) in [6.07, 6.45) is 0. The van der Waals surface area contributed by atoms with Gasteiger partial charge in [-0.1, -0.05) is 11.6 Å². The lowest BCUT2D eigenvalue weighted by Gasteiger charge is -2.32. The van der Waals surface area contributed by atoms with Crippen LogP contribution in [0.15, 0.2) is 23.1 Å². The molecule has 1 aliphatic rings. The number of aryl methyl sites for hydroxylation is 1. The number of rotatable bonds is 2. The Balaban J connectivity index is 2.45. The summed E-state index contributed by atoms with van der Waals surface area (Å²) in [6, 6.07) is 4.71. The monoisotopic (exact) mass is 297 g/mol. The minimum atomic E-state index is -3.74. The first-order valence-electron chi connectivity index (χ1n) is 6.43. The van der Waals surface area contributed by atoms with E-state index < -0.39 is 28.3 Å². The van der Waals surface area contributed by atoms with Gasteiger partial charge in [-0.2, -0.15) is 0 Å². The lowest BCUT2D eigenvalue weighted by Crippen LogP contribution is -2.41. The first-order valence-corrected chi connectivity index (χ1v) is 7.98. The van der Waals surface area contributed by atoms with E-state index in [-0.39, 0.29) is 4.90 Å². The molecule has 0 unspecified atom stereocenters. The van der Waals surface area contributed by atoms with E-state index in [2.05, 4.69) is 0 Å². The summed E-state index contributed by atoms with van der Waals surface area (Å²) in [6.45, 7) is 9.68. The van der Waals surface area contributed by atoms with Crippen LogP contribution >= 0.6 is 0 Å². The zero-order chi connectivity index (χ0) is 15.3. The van der Waals surface area contributed by atoms with E-state index in [9.17, 15) is 8.42 Å². The van der Waals surface area contributed by atoms with Crippen LogP contribution in [0.5, 0.6) is 0 Å². The van der Waals surface area contributed by atoms with Gasteiger partial charge in [0.2, 0.25) is 10.0 Å². The van der Waals surface area contributed by atoms with Crippen LogP contribution in [0.3, 0.4) is 0 Å². The van der Waals surface area contributed by atoms with Crippen molar-refractivity contribution in [1.82, 2.24) is 0 Å². The third kappa shape index (κ3) is 2.63. The topological polar surface area (TPSA) is 78.6 Å². The Labute approximate surface area is 120 Å². The molecule has 1 aromatic rings. The molecule has 1 fully saturated rings. The summed E-state index contributed by atoms with van der Waals surface area (Å²) < 4.78 is 34.8. The van der Waals surface area contributed by atoms with Gasteiger partial charge in [-0.05, 0) is 52.2 Å². The van der Waals surface area contributed by atoms with Gasteiger partial charge in [0.15, 0.2) is 0 Å². The molecule has 1 heterocycles. The number of hydrogen-bond acceptors (Lipinski definition) is 4. The fourth-order valence-electron chi connectivity index (χ4n) is 2.02. The molecule has 0 aromatic heterocycles. The van der Waals surface area contributed by atoms with Gasteiger partial charge in [0, 0.05) is 0 Å². The van der Waals surface area contributed by atoms with Crippen molar-refractivity contribution < 1.29 is 17.7 Å². The molecule has 7 heteroatoms. The van der Waals surface area contributed by atoms with Gasteiger partial charge in [-0.25, -0.2) is 13.6 Å². The Morgan fingerprint density at radius 2 is 1.60 bits per heavy atom. The maximum atomic E-state index is 11.5. The summed E-state index contributed by atoms with van der Waals surface area (Å²) >= 11 is 0. The van der Waals surface area contributed by atoms with E-state index in [1.807, 2.05) is 34.6 Å². The molecule has 2 rings (SSSR count). The predicted octanol–water partition coefficient (Wildman–Crippen LogP) is 0.942. The Hall–Kier alpha value is -0.885. The molecular weight excluding hydrogens is 277 g/mol. The fraction of sp³-hybridized carbons (Fsp3) is 0.538. The summed E-state index contributed by atoms with van der Waals surface area (Å²) in [5, 5.41) is 5.17. The molecule has 5 nitrogen and oxygen atoms in total. The second-order valence-corrected chi connectivity index (χ2v) is 7.71. The maximum absolute atomic E-state index is 11.5. The molecule has 0 amide bonds. The van der Waals surface area contributed by atoms with Crippen LogP contribution in [0.25, 0.3) is 0 Å². The SMILES string of the molecule is Cc1ccc(S(N)(=O)=O)cc1B1OC(C)(C)C(C)(C)O1. The Morgan fingerprint density at radius 3 is 2.05 bits per heavy atom. The summed E-state index contributed by atoms with van der Waals surface area (Å²) in [4.78, 5) is 0.0628. The largest absolute Gasteiger partial charge is 0.495 e. The van der Waals surface area contributed by atoms with Crippen LogP contribution < -0.4 is 10.6 Å². The predicted molar refractivity (Wildman–Crippen MR) is 78.3 cm³/mol. The quantitative estimate of drug-likeness (QED) is 0.824. The van der Waals surface area contributed by atoms with E-state index in [1.165, 1.54) is 12.1 Å². The van der Waals surface area contributed by atoms with Crippen molar-refractivity contribution in [3.63, 3.8) is 0 Å². The van der Waals surface area contributed by atoms with Crippen LogP contribution in [-0.4, -0.2) is 26.7 Å². The first kappa shape index (κ1) is 15.5. The van der Waals surface area contributed by atoms with E-state index in [0.29, 0.717) is 5.46 Å². The van der Waals surface area contributed by atoms with Crippen molar-refractivity contribution in [2.45, 2.75) is 50.7 Å². The fourth-order valence-corrected chi connectivity index (χ4v) is 2.57. The van der Waals surface area contributed by atoms with E-state index in [4.69, 9.17) is 14.4 Å². The number of primary sulfonamides is 1. The molecular formula is C13H20BNO4S. The minimum Gasteiger partial charge on any atom is -0.399 e. The van der Waals surface area contributed by atoms with Crippen LogP contribution in [0.2, 0.25) is 0 Å². The second-order valence-electron chi connectivity index (χ2n) is 6.15. The molecule has 1 aliphatic heterocycles. The summed E-state index contributed by atoms with van der Waals surface area (Å²) in [5.41, 5.74) is 0.648. The molecule has 1 aromatic carbocycles. The maximum Gasteiger partial charge on any atom is 0.495 e. The zero-order valence-corrected chi connectivity index (χ0v) is 13.2. The van der Waals surface area contributed by atoms with Crippen molar-refractivity contribution >= 4 is 22.6 Å². The molecule has 2 N–H and O–H groups in total. The Kier molecular flexibility index (Phi) is 3.53. The zero-order valence-electron chi connectivity index (χ0n) is 12.4. The van der Waals surface area contributed by atoms with Gasteiger partial charge in [-0.3, -0.25) is 0 Å². The normalized spacial score (nSPS) is 21.2. The number of sulfonamides is 1. The standard InChI is InChI=1S/C13H20BNO4S/c1-9-6-7-10(20(15,16)17)8-11(9)14-18-12(2,3)13(4,5)19-14/h6-8H,1-5H3,(H2,15,16,17). The highest BCUT2D eigenvalue weighted by Gasteiger charge is 2.52. The van der Waals surface area contributed by atoms with E-state index >= 15 is 0 Å². The van der Waals surface area contributed by atoms with Gasteiger partial charge in [0.05, 0.1) is 16.1 Å². The lowest BCUT2D eigenvalue weighted by molar-refractivity contribution is 0.00578. The van der Waals surface area contributed by atoms with E-state index in [0.717, 1.165) is 5.56 Å². The minimum absolute atomic E-state index is 0.0628. The highest BCUT2D eigenvalue weighted by atomic mass is 32.2. The third-order valence-corrected chi connectivity index (χ3v) is 5.00. The van der Waals surface area contributed by atoms with Gasteiger partial charge < -0.3 is 9.31 Å². The molecule has 110 valence electrons. The van der Waals surface area contributed by atoms with Gasteiger partial charge in [0.1, 0.15) is 0 Å². The van der Waals surface area contributed by atoms with Crippen molar-refractivity contribution in [2.24, 2.45) is 5.14 Å². The smallest absolute Gasteiger partial charge is 0.399 e. The second kappa shape index (κ2) is 4.56. The average molecular weight is 297 g/mol. The lowest BCUT2D eigenvalue weighted by atomic mass is 9.76. The summed E-state index contributed by atoms with van der Waals surface area (Å²) in [5.74, 6) is 0.